The zero-order chi connectivity index (χ0) is 15.7. The maximum absolute atomic E-state index is 12.5. The molecule has 0 bridgehead atoms. The second-order valence-corrected chi connectivity index (χ2v) is 10.8. The van der Waals surface area contributed by atoms with Gasteiger partial charge in [0, 0.05) is 38.5 Å². The third-order valence-corrected chi connectivity index (χ3v) is 8.57. The van der Waals surface area contributed by atoms with Crippen LogP contribution in [0.5, 0.6) is 0 Å². The summed E-state index contributed by atoms with van der Waals surface area (Å²) in [5, 5.41) is 0.124. The SMILES string of the molecule is O=C1SCCN1CN1CCN(S(=O)(=O)c2ccc(Br)s2)CC1. The molecule has 2 fully saturated rings. The molecule has 22 heavy (non-hydrogen) atoms. The number of amides is 1. The van der Waals surface area contributed by atoms with Crippen molar-refractivity contribution in [2.75, 3.05) is 45.1 Å². The molecule has 2 aliphatic heterocycles. The molecule has 0 spiro atoms. The minimum atomic E-state index is -3.39. The molecule has 0 atom stereocenters. The van der Waals surface area contributed by atoms with Crippen molar-refractivity contribution in [2.24, 2.45) is 0 Å². The van der Waals surface area contributed by atoms with Crippen LogP contribution in [0.2, 0.25) is 0 Å². The lowest BCUT2D eigenvalue weighted by atomic mass is 10.4. The first-order chi connectivity index (χ1) is 10.5. The fourth-order valence-electron chi connectivity index (χ4n) is 2.47. The number of piperazine rings is 1. The summed E-state index contributed by atoms with van der Waals surface area (Å²) in [5.74, 6) is 0.848. The molecular formula is C12H16BrN3O3S3. The van der Waals surface area contributed by atoms with E-state index in [2.05, 4.69) is 20.8 Å². The van der Waals surface area contributed by atoms with Crippen molar-refractivity contribution in [1.82, 2.24) is 14.1 Å². The monoisotopic (exact) mass is 425 g/mol. The van der Waals surface area contributed by atoms with Crippen LogP contribution in [0, 0.1) is 0 Å². The molecule has 0 radical (unpaired) electrons. The average molecular weight is 426 g/mol. The van der Waals surface area contributed by atoms with Crippen LogP contribution in [0.25, 0.3) is 0 Å². The van der Waals surface area contributed by atoms with E-state index in [1.807, 2.05) is 4.90 Å². The summed E-state index contributed by atoms with van der Waals surface area (Å²) in [4.78, 5) is 15.6. The zero-order valence-electron chi connectivity index (χ0n) is 11.8. The van der Waals surface area contributed by atoms with E-state index in [-0.39, 0.29) is 5.24 Å². The number of halogens is 1. The Morgan fingerprint density at radius 3 is 2.41 bits per heavy atom. The van der Waals surface area contributed by atoms with Crippen molar-refractivity contribution in [3.05, 3.63) is 15.9 Å². The predicted octanol–water partition coefficient (Wildman–Crippen LogP) is 1.94. The lowest BCUT2D eigenvalue weighted by molar-refractivity contribution is 0.126. The molecule has 2 aliphatic rings. The van der Waals surface area contributed by atoms with Gasteiger partial charge in [0.1, 0.15) is 4.21 Å². The van der Waals surface area contributed by atoms with Gasteiger partial charge in [-0.15, -0.1) is 11.3 Å². The standard InChI is InChI=1S/C12H16BrN3O3S3/c13-10-1-2-11(21-10)22(18,19)16-5-3-14(4-6-16)9-15-7-8-20-12(15)17/h1-2H,3-9H2. The highest BCUT2D eigenvalue weighted by atomic mass is 79.9. The van der Waals surface area contributed by atoms with Crippen LogP contribution < -0.4 is 0 Å². The second-order valence-electron chi connectivity index (χ2n) is 5.10. The van der Waals surface area contributed by atoms with Crippen molar-refractivity contribution in [3.63, 3.8) is 0 Å². The van der Waals surface area contributed by atoms with Gasteiger partial charge in [-0.05, 0) is 28.1 Å². The molecule has 3 heterocycles. The normalized spacial score (nSPS) is 21.7. The zero-order valence-corrected chi connectivity index (χ0v) is 15.8. The molecule has 2 saturated heterocycles. The Balaban J connectivity index is 1.58. The van der Waals surface area contributed by atoms with Gasteiger partial charge in [-0.25, -0.2) is 8.42 Å². The van der Waals surface area contributed by atoms with Gasteiger partial charge in [0.05, 0.1) is 10.5 Å². The number of rotatable bonds is 4. The van der Waals surface area contributed by atoms with E-state index < -0.39 is 10.0 Å². The first-order valence-corrected chi connectivity index (χ1v) is 10.9. The Hall–Kier alpha value is -0.130. The van der Waals surface area contributed by atoms with Crippen LogP contribution in [-0.2, 0) is 10.0 Å². The highest BCUT2D eigenvalue weighted by Crippen LogP contribution is 2.29. The van der Waals surface area contributed by atoms with Crippen LogP contribution >= 0.6 is 39.0 Å². The van der Waals surface area contributed by atoms with Crippen molar-refractivity contribution in [1.29, 1.82) is 0 Å². The Morgan fingerprint density at radius 1 is 1.14 bits per heavy atom. The van der Waals surface area contributed by atoms with E-state index in [1.54, 1.807) is 12.1 Å². The number of hydrogen-bond acceptors (Lipinski definition) is 6. The number of thioether (sulfide) groups is 1. The molecule has 1 aromatic rings. The topological polar surface area (TPSA) is 60.9 Å². The molecule has 0 aliphatic carbocycles. The molecule has 3 rings (SSSR count). The van der Waals surface area contributed by atoms with Crippen molar-refractivity contribution < 1.29 is 13.2 Å². The number of carbonyl (C=O) groups is 1. The number of thiophene rings is 1. The second kappa shape index (κ2) is 6.78. The van der Waals surface area contributed by atoms with Crippen LogP contribution in [0.4, 0.5) is 4.79 Å². The summed E-state index contributed by atoms with van der Waals surface area (Å²) in [6.07, 6.45) is 0. The lowest BCUT2D eigenvalue weighted by Crippen LogP contribution is -2.51. The number of carbonyl (C=O) groups excluding carboxylic acids is 1. The molecule has 0 unspecified atom stereocenters. The van der Waals surface area contributed by atoms with Crippen molar-refractivity contribution >= 4 is 54.3 Å². The molecule has 122 valence electrons. The van der Waals surface area contributed by atoms with E-state index in [0.717, 1.165) is 16.1 Å². The number of hydrogen-bond donors (Lipinski definition) is 0. The molecular weight excluding hydrogens is 410 g/mol. The van der Waals surface area contributed by atoms with Gasteiger partial charge in [0.25, 0.3) is 15.3 Å². The highest BCUT2D eigenvalue weighted by molar-refractivity contribution is 9.11. The molecule has 6 nitrogen and oxygen atoms in total. The van der Waals surface area contributed by atoms with E-state index in [0.29, 0.717) is 37.1 Å². The largest absolute Gasteiger partial charge is 0.320 e. The Labute approximate surface area is 146 Å². The molecule has 0 saturated carbocycles. The number of nitrogens with zero attached hydrogens (tertiary/aromatic N) is 3. The first kappa shape index (κ1) is 16.7. The van der Waals surface area contributed by atoms with Gasteiger partial charge < -0.3 is 4.90 Å². The van der Waals surface area contributed by atoms with E-state index in [4.69, 9.17) is 0 Å². The summed E-state index contributed by atoms with van der Waals surface area (Å²) in [7, 11) is -3.39. The predicted molar refractivity (Wildman–Crippen MR) is 91.8 cm³/mol. The molecule has 1 amide bonds. The Kier molecular flexibility index (Phi) is 5.15. The van der Waals surface area contributed by atoms with E-state index in [9.17, 15) is 13.2 Å². The summed E-state index contributed by atoms with van der Waals surface area (Å²) in [5.41, 5.74) is 0. The third-order valence-electron chi connectivity index (χ3n) is 3.69. The van der Waals surface area contributed by atoms with Crippen LogP contribution in [-0.4, -0.2) is 72.9 Å². The van der Waals surface area contributed by atoms with Crippen molar-refractivity contribution in [2.45, 2.75) is 4.21 Å². The minimum absolute atomic E-state index is 0.124. The quantitative estimate of drug-likeness (QED) is 0.737. The molecule has 1 aromatic heterocycles. The summed E-state index contributed by atoms with van der Waals surface area (Å²) in [6.45, 7) is 3.62. The van der Waals surface area contributed by atoms with Crippen molar-refractivity contribution in [3.8, 4) is 0 Å². The number of sulfonamides is 1. The third kappa shape index (κ3) is 3.51. The Morgan fingerprint density at radius 2 is 1.86 bits per heavy atom. The summed E-state index contributed by atoms with van der Waals surface area (Å²) < 4.78 is 27.8. The minimum Gasteiger partial charge on any atom is -0.320 e. The smallest absolute Gasteiger partial charge is 0.282 e. The van der Waals surface area contributed by atoms with Gasteiger partial charge in [-0.2, -0.15) is 4.31 Å². The Bertz CT molecular complexity index is 656. The van der Waals surface area contributed by atoms with E-state index in [1.165, 1.54) is 27.4 Å². The summed E-state index contributed by atoms with van der Waals surface area (Å²) >= 11 is 5.88. The highest BCUT2D eigenvalue weighted by Gasteiger charge is 2.31. The van der Waals surface area contributed by atoms with Crippen LogP contribution in [0.1, 0.15) is 0 Å². The van der Waals surface area contributed by atoms with Crippen LogP contribution in [0.15, 0.2) is 20.1 Å². The summed E-state index contributed by atoms with van der Waals surface area (Å²) in [6, 6.07) is 3.39. The van der Waals surface area contributed by atoms with Gasteiger partial charge in [-0.3, -0.25) is 9.69 Å². The molecule has 0 N–H and O–H groups in total. The fourth-order valence-corrected chi connectivity index (χ4v) is 6.87. The van der Waals surface area contributed by atoms with Gasteiger partial charge >= 0.3 is 0 Å². The lowest BCUT2D eigenvalue weighted by Gasteiger charge is -2.35. The maximum Gasteiger partial charge on any atom is 0.282 e. The van der Waals surface area contributed by atoms with Gasteiger partial charge in [0.15, 0.2) is 0 Å². The fraction of sp³-hybridized carbons (Fsp3) is 0.583. The molecule has 10 heteroatoms. The van der Waals surface area contributed by atoms with Gasteiger partial charge in [-0.1, -0.05) is 11.8 Å². The average Bonchev–Trinajstić information content (AvgIpc) is 3.09. The first-order valence-electron chi connectivity index (χ1n) is 6.86. The molecule has 0 aromatic carbocycles. The van der Waals surface area contributed by atoms with Crippen LogP contribution in [0.3, 0.4) is 0 Å². The maximum atomic E-state index is 12.5. The van der Waals surface area contributed by atoms with Gasteiger partial charge in [0.2, 0.25) is 0 Å². The van der Waals surface area contributed by atoms with E-state index >= 15 is 0 Å².